The van der Waals surface area contributed by atoms with Gasteiger partial charge in [0.05, 0.1) is 7.11 Å². The quantitative estimate of drug-likeness (QED) is 0.287. The molecule has 6 heteroatoms. The average molecular weight is 350 g/mol. The minimum Gasteiger partial charge on any atom is -0.504 e. The van der Waals surface area contributed by atoms with Crippen molar-refractivity contribution in [2.24, 2.45) is 0 Å². The molecule has 0 atom stereocenters. The highest BCUT2D eigenvalue weighted by molar-refractivity contribution is 14.1. The molecule has 0 heterocycles. The summed E-state index contributed by atoms with van der Waals surface area (Å²) in [5.74, 6) is -1.14. The SMILES string of the molecule is C=C(C)C(=O)Oc1cc(O)c(O)c(I)c1OC. The number of halogens is 1. The molecule has 17 heavy (non-hydrogen) atoms. The Morgan fingerprint density at radius 2 is 2.06 bits per heavy atom. The van der Waals surface area contributed by atoms with E-state index >= 15 is 0 Å². The van der Waals surface area contributed by atoms with Crippen molar-refractivity contribution in [3.63, 3.8) is 0 Å². The maximum atomic E-state index is 11.4. The highest BCUT2D eigenvalue weighted by atomic mass is 127. The zero-order chi connectivity index (χ0) is 13.2. The van der Waals surface area contributed by atoms with E-state index in [0.29, 0.717) is 0 Å². The number of carbonyl (C=O) groups excluding carboxylic acids is 1. The first-order valence-corrected chi connectivity index (χ1v) is 5.62. The number of benzene rings is 1. The summed E-state index contributed by atoms with van der Waals surface area (Å²) in [4.78, 5) is 11.4. The van der Waals surface area contributed by atoms with Crippen LogP contribution in [0.25, 0.3) is 0 Å². The van der Waals surface area contributed by atoms with E-state index in [9.17, 15) is 15.0 Å². The van der Waals surface area contributed by atoms with Gasteiger partial charge >= 0.3 is 5.97 Å². The highest BCUT2D eigenvalue weighted by Gasteiger charge is 2.19. The molecule has 0 unspecified atom stereocenters. The molecule has 0 aliphatic heterocycles. The molecular weight excluding hydrogens is 339 g/mol. The topological polar surface area (TPSA) is 76.0 Å². The van der Waals surface area contributed by atoms with Crippen molar-refractivity contribution in [3.8, 4) is 23.0 Å². The molecule has 5 nitrogen and oxygen atoms in total. The van der Waals surface area contributed by atoms with Crippen LogP contribution in [0, 0.1) is 3.57 Å². The molecule has 1 rings (SSSR count). The summed E-state index contributed by atoms with van der Waals surface area (Å²) in [5, 5.41) is 18.9. The van der Waals surface area contributed by atoms with E-state index < -0.39 is 5.97 Å². The van der Waals surface area contributed by atoms with Gasteiger partial charge in [0.15, 0.2) is 23.0 Å². The Morgan fingerprint density at radius 1 is 1.47 bits per heavy atom. The first-order chi connectivity index (χ1) is 7.88. The summed E-state index contributed by atoms with van der Waals surface area (Å²) in [6, 6.07) is 1.11. The molecule has 0 bridgehead atoms. The Hall–Kier alpha value is -1.44. The van der Waals surface area contributed by atoms with E-state index in [2.05, 4.69) is 6.58 Å². The molecule has 0 aliphatic carbocycles. The van der Waals surface area contributed by atoms with Crippen LogP contribution in [0.2, 0.25) is 0 Å². The monoisotopic (exact) mass is 350 g/mol. The highest BCUT2D eigenvalue weighted by Crippen LogP contribution is 2.43. The number of methoxy groups -OCH3 is 1. The fourth-order valence-electron chi connectivity index (χ4n) is 1.04. The van der Waals surface area contributed by atoms with Gasteiger partial charge in [0, 0.05) is 11.6 Å². The second-order valence-corrected chi connectivity index (χ2v) is 4.34. The zero-order valence-corrected chi connectivity index (χ0v) is 11.4. The molecule has 92 valence electrons. The van der Waals surface area contributed by atoms with Gasteiger partial charge in [-0.3, -0.25) is 0 Å². The second-order valence-electron chi connectivity index (χ2n) is 3.26. The number of phenolic OH excluding ortho intramolecular Hbond substituents is 2. The van der Waals surface area contributed by atoms with Crippen LogP contribution in [0.15, 0.2) is 18.2 Å². The fourth-order valence-corrected chi connectivity index (χ4v) is 1.80. The van der Waals surface area contributed by atoms with Gasteiger partial charge in [-0.25, -0.2) is 4.79 Å². The van der Waals surface area contributed by atoms with Crippen molar-refractivity contribution in [2.45, 2.75) is 6.92 Å². The van der Waals surface area contributed by atoms with Gasteiger partial charge in [-0.2, -0.15) is 0 Å². The van der Waals surface area contributed by atoms with Crippen molar-refractivity contribution >= 4 is 28.6 Å². The van der Waals surface area contributed by atoms with Gasteiger partial charge in [-0.15, -0.1) is 0 Å². The minimum absolute atomic E-state index is 0.0280. The van der Waals surface area contributed by atoms with E-state index in [1.54, 1.807) is 22.6 Å². The minimum atomic E-state index is -0.635. The number of hydrogen-bond donors (Lipinski definition) is 2. The number of esters is 1. The second kappa shape index (κ2) is 5.26. The molecule has 0 spiro atoms. The predicted molar refractivity (Wildman–Crippen MR) is 69.5 cm³/mol. The van der Waals surface area contributed by atoms with Crippen LogP contribution in [0.1, 0.15) is 6.92 Å². The lowest BCUT2D eigenvalue weighted by Gasteiger charge is -2.12. The van der Waals surface area contributed by atoms with Crippen molar-refractivity contribution in [1.82, 2.24) is 0 Å². The van der Waals surface area contributed by atoms with E-state index in [1.165, 1.54) is 14.0 Å². The molecule has 0 saturated carbocycles. The molecule has 1 aromatic rings. The summed E-state index contributed by atoms with van der Waals surface area (Å²) in [7, 11) is 1.37. The van der Waals surface area contributed by atoms with Crippen LogP contribution in [-0.4, -0.2) is 23.3 Å². The maximum absolute atomic E-state index is 11.4. The van der Waals surface area contributed by atoms with E-state index in [-0.39, 0.29) is 32.1 Å². The van der Waals surface area contributed by atoms with E-state index in [4.69, 9.17) is 9.47 Å². The van der Waals surface area contributed by atoms with Crippen LogP contribution >= 0.6 is 22.6 Å². The van der Waals surface area contributed by atoms with E-state index in [1.807, 2.05) is 0 Å². The van der Waals surface area contributed by atoms with Crippen LogP contribution in [-0.2, 0) is 4.79 Å². The lowest BCUT2D eigenvalue weighted by atomic mass is 10.2. The molecular formula is C11H11IO5. The molecule has 0 fully saturated rings. The summed E-state index contributed by atoms with van der Waals surface area (Å²) >= 11 is 1.77. The third-order valence-electron chi connectivity index (χ3n) is 1.90. The lowest BCUT2D eigenvalue weighted by molar-refractivity contribution is -0.130. The Labute approximate surface area is 112 Å². The number of rotatable bonds is 3. The average Bonchev–Trinajstić information content (AvgIpc) is 2.26. The molecule has 0 aromatic heterocycles. The molecule has 2 N–H and O–H groups in total. The Morgan fingerprint density at radius 3 is 2.53 bits per heavy atom. The van der Waals surface area contributed by atoms with Crippen LogP contribution in [0.3, 0.4) is 0 Å². The van der Waals surface area contributed by atoms with Crippen molar-refractivity contribution in [1.29, 1.82) is 0 Å². The molecule has 0 aliphatic rings. The fraction of sp³-hybridized carbons (Fsp3) is 0.182. The van der Waals surface area contributed by atoms with Crippen molar-refractivity contribution in [3.05, 3.63) is 21.8 Å². The summed E-state index contributed by atoms with van der Waals surface area (Å²) in [6.45, 7) is 4.94. The van der Waals surface area contributed by atoms with Gasteiger partial charge in [0.2, 0.25) is 0 Å². The van der Waals surface area contributed by atoms with Gasteiger partial charge in [0.1, 0.15) is 3.57 Å². The normalized spacial score (nSPS) is 9.82. The van der Waals surface area contributed by atoms with Crippen LogP contribution in [0.5, 0.6) is 23.0 Å². The summed E-state index contributed by atoms with van der Waals surface area (Å²) < 4.78 is 10.2. The lowest BCUT2D eigenvalue weighted by Crippen LogP contribution is -2.09. The first kappa shape index (κ1) is 13.6. The molecule has 0 amide bonds. The van der Waals surface area contributed by atoms with Gasteiger partial charge in [-0.05, 0) is 29.5 Å². The van der Waals surface area contributed by atoms with Crippen LogP contribution in [0.4, 0.5) is 0 Å². The third kappa shape index (κ3) is 2.82. The Balaban J connectivity index is 3.24. The van der Waals surface area contributed by atoms with Gasteiger partial charge in [0.25, 0.3) is 0 Å². The number of carbonyl (C=O) groups is 1. The van der Waals surface area contributed by atoms with Crippen molar-refractivity contribution in [2.75, 3.05) is 7.11 Å². The summed E-state index contributed by atoms with van der Waals surface area (Å²) in [6.07, 6.45) is 0. The summed E-state index contributed by atoms with van der Waals surface area (Å²) in [5.41, 5.74) is 0.217. The number of ether oxygens (including phenoxy) is 2. The zero-order valence-electron chi connectivity index (χ0n) is 9.28. The smallest absolute Gasteiger partial charge is 0.338 e. The van der Waals surface area contributed by atoms with Crippen molar-refractivity contribution < 1.29 is 24.5 Å². The van der Waals surface area contributed by atoms with E-state index in [0.717, 1.165) is 6.07 Å². The number of hydrogen-bond acceptors (Lipinski definition) is 5. The first-order valence-electron chi connectivity index (χ1n) is 4.54. The molecule has 1 aromatic carbocycles. The van der Waals surface area contributed by atoms with Gasteiger partial charge in [-0.1, -0.05) is 6.58 Å². The Kier molecular flexibility index (Phi) is 4.22. The maximum Gasteiger partial charge on any atom is 0.338 e. The standard InChI is InChI=1S/C11H11IO5/c1-5(2)11(15)17-7-4-6(13)9(14)8(12)10(7)16-3/h4,13-14H,1H2,2-3H3. The Bertz CT molecular complexity index is 481. The van der Waals surface area contributed by atoms with Crippen LogP contribution < -0.4 is 9.47 Å². The third-order valence-corrected chi connectivity index (χ3v) is 2.90. The number of phenols is 2. The predicted octanol–water partition coefficient (Wildman–Crippen LogP) is 2.19. The number of aromatic hydroxyl groups is 2. The van der Waals surface area contributed by atoms with Gasteiger partial charge < -0.3 is 19.7 Å². The molecule has 0 saturated heterocycles. The molecule has 0 radical (unpaired) electrons. The largest absolute Gasteiger partial charge is 0.504 e.